The number of allylic oxidation sites excluding steroid dienone is 8. The lowest BCUT2D eigenvalue weighted by atomic mass is 9.75. The quantitative estimate of drug-likeness (QED) is 0.0283. The van der Waals surface area contributed by atoms with Crippen LogP contribution in [0.3, 0.4) is 0 Å². The zero-order valence-electron chi connectivity index (χ0n) is 39.6. The molecule has 0 spiro atoms. The SMILES string of the molecule is COCCC(C)(C(/C=C/C=C/C=C/C=C1/N(C(C)(C)CCO)c2ccc(SOC)cc2C1(C)CCCS(=O)OC)=NCCCCCC(=O)ON1C(=O)CCC1=O)c1cccc(S(=O)OC)c1. The average molecular weight is 970 g/mol. The first-order valence-electron chi connectivity index (χ1n) is 22.2. The minimum atomic E-state index is -1.64. The van der Waals surface area contributed by atoms with E-state index in [2.05, 4.69) is 50.8 Å². The number of nitrogens with zero attached hydrogens (tertiary/aromatic N) is 3. The molecule has 0 saturated carbocycles. The van der Waals surface area contributed by atoms with Crippen molar-refractivity contribution in [2.24, 2.45) is 4.99 Å². The van der Waals surface area contributed by atoms with Crippen LogP contribution in [0.15, 0.2) is 105 Å². The van der Waals surface area contributed by atoms with Crippen LogP contribution >= 0.6 is 12.0 Å². The lowest BCUT2D eigenvalue weighted by molar-refractivity contribution is -0.197. The largest absolute Gasteiger partial charge is 0.396 e. The molecule has 4 rings (SSSR count). The number of hydrogen-bond acceptors (Lipinski definition) is 14. The number of ether oxygens (including phenoxy) is 1. The number of aliphatic imine (C=N–C) groups is 1. The summed E-state index contributed by atoms with van der Waals surface area (Å²) in [6, 6.07) is 13.8. The number of hydroxylamine groups is 2. The standard InChI is InChI=1S/C49H67N3O11S3/c1-47(2,29-32-53)51-41-25-24-38(64-60-6)36-40(41)49(4,28-18-34-65(57)61-7)43(51)22-14-11-9-10-13-21-42(48(3,30-33-59-5)37-19-17-20-39(35-37)66(58)62-8)50-31-16-12-15-23-46(56)63-52-44(54)26-27-45(52)55/h9-11,13-14,17,19-22,24-25,35-36,53H,12,15-16,18,23,26-34H2,1-8H3/b10-9+,14-11+,21-13+,43-22+,50-42?. The van der Waals surface area contributed by atoms with Gasteiger partial charge in [0.2, 0.25) is 0 Å². The molecule has 4 unspecified atom stereocenters. The number of hydrogen-bond donors (Lipinski definition) is 1. The minimum absolute atomic E-state index is 0.0234. The number of aliphatic hydroxyl groups is 1. The normalized spacial score (nSPS) is 19.5. The molecule has 1 saturated heterocycles. The van der Waals surface area contributed by atoms with E-state index in [0.717, 1.165) is 33.1 Å². The molecule has 2 aromatic rings. The molecule has 14 nitrogen and oxygen atoms in total. The van der Waals surface area contributed by atoms with Gasteiger partial charge < -0.3 is 23.8 Å². The van der Waals surface area contributed by atoms with Gasteiger partial charge in [0, 0.05) is 102 Å². The van der Waals surface area contributed by atoms with E-state index in [1.807, 2.05) is 60.7 Å². The van der Waals surface area contributed by atoms with Crippen LogP contribution < -0.4 is 4.90 Å². The van der Waals surface area contributed by atoms with Crippen molar-refractivity contribution in [3.63, 3.8) is 0 Å². The van der Waals surface area contributed by atoms with Crippen molar-refractivity contribution in [3.8, 4) is 0 Å². The average Bonchev–Trinajstić information content (AvgIpc) is 3.75. The summed E-state index contributed by atoms with van der Waals surface area (Å²) in [5.41, 5.74) is 3.38. The Bertz CT molecular complexity index is 2170. The molecule has 1 fully saturated rings. The van der Waals surface area contributed by atoms with Crippen molar-refractivity contribution < 1.29 is 50.0 Å². The maximum atomic E-state index is 12.7. The van der Waals surface area contributed by atoms with E-state index in [1.165, 1.54) is 26.3 Å². The topological polar surface area (TPSA) is 171 Å². The molecule has 17 heteroatoms. The molecular weight excluding hydrogens is 903 g/mol. The van der Waals surface area contributed by atoms with Crippen LogP contribution in [-0.4, -0.2) is 102 Å². The second-order valence-corrected chi connectivity index (χ2v) is 20.6. The Kier molecular flexibility index (Phi) is 21.9. The van der Waals surface area contributed by atoms with Gasteiger partial charge in [-0.15, -0.1) is 5.06 Å². The molecule has 2 aliphatic heterocycles. The minimum Gasteiger partial charge on any atom is -0.396 e. The van der Waals surface area contributed by atoms with E-state index in [1.54, 1.807) is 20.3 Å². The van der Waals surface area contributed by atoms with Gasteiger partial charge in [-0.25, -0.2) is 13.2 Å². The fraction of sp³-hybridized carbons (Fsp3) is 0.510. The Labute approximate surface area is 400 Å². The number of fused-ring (bicyclic) bond motifs is 1. The molecule has 4 atom stereocenters. The Morgan fingerprint density at radius 1 is 0.909 bits per heavy atom. The lowest BCUT2D eigenvalue weighted by Crippen LogP contribution is -2.45. The van der Waals surface area contributed by atoms with Crippen molar-refractivity contribution in [2.75, 3.05) is 58.9 Å². The molecule has 0 bridgehead atoms. The number of rotatable bonds is 28. The summed E-state index contributed by atoms with van der Waals surface area (Å²) >= 11 is -1.72. The van der Waals surface area contributed by atoms with Crippen LogP contribution in [-0.2, 0) is 69.5 Å². The van der Waals surface area contributed by atoms with Crippen molar-refractivity contribution >= 4 is 63.4 Å². The van der Waals surface area contributed by atoms with Gasteiger partial charge in [0.25, 0.3) is 11.8 Å². The number of methoxy groups -OCH3 is 1. The van der Waals surface area contributed by atoms with Crippen LogP contribution in [0.1, 0.15) is 103 Å². The maximum absolute atomic E-state index is 12.7. The molecule has 2 aromatic carbocycles. The van der Waals surface area contributed by atoms with Crippen LogP contribution in [0, 0.1) is 0 Å². The summed E-state index contributed by atoms with van der Waals surface area (Å²) < 4.78 is 46.3. The number of amides is 2. The van der Waals surface area contributed by atoms with Gasteiger partial charge in [0.05, 0.1) is 26.2 Å². The zero-order valence-corrected chi connectivity index (χ0v) is 42.0. The van der Waals surface area contributed by atoms with Crippen molar-refractivity contribution in [3.05, 3.63) is 102 Å². The van der Waals surface area contributed by atoms with Gasteiger partial charge in [0.1, 0.15) is 0 Å². The summed E-state index contributed by atoms with van der Waals surface area (Å²) in [6.45, 7) is 9.48. The highest BCUT2D eigenvalue weighted by molar-refractivity contribution is 7.94. The number of carbonyl (C=O) groups excluding carboxylic acids is 3. The Morgan fingerprint density at radius 2 is 1.64 bits per heavy atom. The number of anilines is 1. The van der Waals surface area contributed by atoms with Crippen LogP contribution in [0.5, 0.6) is 0 Å². The number of carbonyl (C=O) groups is 3. The monoisotopic (exact) mass is 969 g/mol. The first-order valence-corrected chi connectivity index (χ1v) is 25.2. The number of benzene rings is 2. The zero-order chi connectivity index (χ0) is 48.3. The van der Waals surface area contributed by atoms with E-state index in [0.29, 0.717) is 73.8 Å². The molecule has 0 aliphatic carbocycles. The van der Waals surface area contributed by atoms with E-state index in [9.17, 15) is 27.9 Å². The summed E-state index contributed by atoms with van der Waals surface area (Å²) in [6.07, 6.45) is 18.4. The van der Waals surface area contributed by atoms with Crippen LogP contribution in [0.25, 0.3) is 0 Å². The number of unbranched alkanes of at least 4 members (excludes halogenated alkanes) is 2. The smallest absolute Gasteiger partial charge is 0.333 e. The van der Waals surface area contributed by atoms with Crippen molar-refractivity contribution in [1.29, 1.82) is 0 Å². The third kappa shape index (κ3) is 14.5. The molecule has 2 aliphatic rings. The number of aliphatic hydroxyl groups excluding tert-OH is 1. The predicted octanol–water partition coefficient (Wildman–Crippen LogP) is 8.49. The van der Waals surface area contributed by atoms with E-state index in [-0.39, 0.29) is 25.9 Å². The van der Waals surface area contributed by atoms with Gasteiger partial charge in [0.15, 0.2) is 22.2 Å². The van der Waals surface area contributed by atoms with Gasteiger partial charge in [-0.05, 0) is 120 Å². The van der Waals surface area contributed by atoms with E-state index < -0.39 is 56.3 Å². The van der Waals surface area contributed by atoms with Crippen LogP contribution in [0.2, 0.25) is 0 Å². The van der Waals surface area contributed by atoms with E-state index >= 15 is 0 Å². The summed E-state index contributed by atoms with van der Waals surface area (Å²) in [5, 5.41) is 10.7. The second-order valence-electron chi connectivity index (χ2n) is 17.0. The highest BCUT2D eigenvalue weighted by atomic mass is 32.2. The van der Waals surface area contributed by atoms with Crippen LogP contribution in [0.4, 0.5) is 5.69 Å². The lowest BCUT2D eigenvalue weighted by Gasteiger charge is -2.41. The molecule has 1 N–H and O–H groups in total. The molecule has 2 heterocycles. The fourth-order valence-electron chi connectivity index (χ4n) is 8.23. The molecule has 0 aromatic heterocycles. The predicted molar refractivity (Wildman–Crippen MR) is 261 cm³/mol. The molecule has 362 valence electrons. The molecule has 66 heavy (non-hydrogen) atoms. The third-order valence-electron chi connectivity index (χ3n) is 12.0. The first-order chi connectivity index (χ1) is 31.6. The Balaban J connectivity index is 1.63. The van der Waals surface area contributed by atoms with Crippen molar-refractivity contribution in [2.45, 2.75) is 118 Å². The van der Waals surface area contributed by atoms with Gasteiger partial charge >= 0.3 is 5.97 Å². The summed E-state index contributed by atoms with van der Waals surface area (Å²) in [7, 11) is 6.15. The second kappa shape index (κ2) is 26.5. The third-order valence-corrected chi connectivity index (χ3v) is 14.5. The summed E-state index contributed by atoms with van der Waals surface area (Å²) in [4.78, 5) is 50.0. The Morgan fingerprint density at radius 3 is 2.32 bits per heavy atom. The highest BCUT2D eigenvalue weighted by Gasteiger charge is 2.48. The van der Waals surface area contributed by atoms with Gasteiger partial charge in [-0.3, -0.25) is 22.9 Å². The first kappa shape index (κ1) is 54.5. The molecular formula is C49H67N3O11S3. The Hall–Kier alpha value is -4.07. The van der Waals surface area contributed by atoms with Crippen molar-refractivity contribution in [1.82, 2.24) is 5.06 Å². The summed E-state index contributed by atoms with van der Waals surface area (Å²) in [5.74, 6) is -1.23. The van der Waals surface area contributed by atoms with Gasteiger partial charge in [-0.2, -0.15) is 0 Å². The fourth-order valence-corrected chi connectivity index (χ4v) is 9.86. The molecule has 2 amide bonds. The van der Waals surface area contributed by atoms with E-state index in [4.69, 9.17) is 27.1 Å². The van der Waals surface area contributed by atoms with Gasteiger partial charge in [-0.1, -0.05) is 48.9 Å². The molecule has 0 radical (unpaired) electrons. The highest BCUT2D eigenvalue weighted by Crippen LogP contribution is 2.54. The number of imide groups is 1. The maximum Gasteiger partial charge on any atom is 0.333 e.